The summed E-state index contributed by atoms with van der Waals surface area (Å²) in [6.45, 7) is 4.17. The van der Waals surface area contributed by atoms with Gasteiger partial charge in [0, 0.05) is 24.0 Å². The fourth-order valence-electron chi connectivity index (χ4n) is 3.07. The van der Waals surface area contributed by atoms with Crippen molar-refractivity contribution in [2.45, 2.75) is 20.4 Å². The van der Waals surface area contributed by atoms with E-state index >= 15 is 0 Å². The Morgan fingerprint density at radius 1 is 1.15 bits per heavy atom. The van der Waals surface area contributed by atoms with Crippen LogP contribution in [0.2, 0.25) is 0 Å². The molecular formula is C19H19N7O. The molecule has 4 rings (SSSR count). The number of nitrogens with zero attached hydrogens (tertiary/aromatic N) is 6. The van der Waals surface area contributed by atoms with E-state index in [2.05, 4.69) is 25.4 Å². The van der Waals surface area contributed by atoms with E-state index < -0.39 is 0 Å². The molecule has 0 fully saturated rings. The van der Waals surface area contributed by atoms with Gasteiger partial charge in [0.05, 0.1) is 17.9 Å². The van der Waals surface area contributed by atoms with Crippen molar-refractivity contribution in [1.82, 2.24) is 34.7 Å². The summed E-state index contributed by atoms with van der Waals surface area (Å²) in [4.78, 5) is 18.8. The van der Waals surface area contributed by atoms with E-state index in [0.717, 1.165) is 28.3 Å². The first kappa shape index (κ1) is 16.9. The van der Waals surface area contributed by atoms with Gasteiger partial charge in [-0.05, 0) is 26.0 Å². The minimum atomic E-state index is -0.230. The Bertz CT molecular complexity index is 1110. The zero-order valence-corrected chi connectivity index (χ0v) is 15.3. The average molecular weight is 361 g/mol. The van der Waals surface area contributed by atoms with Gasteiger partial charge in [0.25, 0.3) is 11.7 Å². The highest BCUT2D eigenvalue weighted by Gasteiger charge is 2.21. The van der Waals surface area contributed by atoms with Gasteiger partial charge in [-0.1, -0.05) is 30.3 Å². The Kier molecular flexibility index (Phi) is 4.15. The fraction of sp³-hybridized carbons (Fsp3) is 0.211. The Morgan fingerprint density at radius 3 is 2.70 bits per heavy atom. The highest BCUT2D eigenvalue weighted by Crippen LogP contribution is 2.18. The Labute approximate surface area is 155 Å². The summed E-state index contributed by atoms with van der Waals surface area (Å²) < 4.78 is 1.67. The standard InChI is InChI=1S/C19H19N7O/c1-12-9-13(2)26-17(23-24-19(26)20-12)18(27)25(3)11-15-10-16(22-21-15)14-7-5-4-6-8-14/h4-10H,11H2,1-3H3,(H,21,22). The molecule has 136 valence electrons. The third-order valence-corrected chi connectivity index (χ3v) is 4.34. The van der Waals surface area contributed by atoms with Crippen LogP contribution < -0.4 is 0 Å². The molecule has 0 radical (unpaired) electrons. The minimum Gasteiger partial charge on any atom is -0.333 e. The van der Waals surface area contributed by atoms with E-state index in [1.807, 2.05) is 56.3 Å². The summed E-state index contributed by atoms with van der Waals surface area (Å²) in [6.07, 6.45) is 0. The number of carbonyl (C=O) groups excluding carboxylic acids is 1. The van der Waals surface area contributed by atoms with Crippen LogP contribution in [0.5, 0.6) is 0 Å². The number of nitrogens with one attached hydrogen (secondary N) is 1. The number of rotatable bonds is 4. The maximum atomic E-state index is 12.9. The fourth-order valence-corrected chi connectivity index (χ4v) is 3.07. The van der Waals surface area contributed by atoms with Crippen molar-refractivity contribution in [3.8, 4) is 11.3 Å². The molecule has 0 atom stereocenters. The summed E-state index contributed by atoms with van der Waals surface area (Å²) >= 11 is 0. The Balaban J connectivity index is 1.56. The first-order valence-electron chi connectivity index (χ1n) is 8.57. The van der Waals surface area contributed by atoms with Gasteiger partial charge in [-0.15, -0.1) is 10.2 Å². The quantitative estimate of drug-likeness (QED) is 0.603. The first-order valence-corrected chi connectivity index (χ1v) is 8.57. The molecule has 8 nitrogen and oxygen atoms in total. The average Bonchev–Trinajstić information content (AvgIpc) is 3.29. The molecule has 27 heavy (non-hydrogen) atoms. The monoisotopic (exact) mass is 361 g/mol. The van der Waals surface area contributed by atoms with Gasteiger partial charge >= 0.3 is 0 Å². The highest BCUT2D eigenvalue weighted by atomic mass is 16.2. The molecule has 0 saturated carbocycles. The van der Waals surface area contributed by atoms with Crippen LogP contribution in [-0.2, 0) is 6.54 Å². The molecule has 4 aromatic rings. The van der Waals surface area contributed by atoms with Gasteiger partial charge in [0.15, 0.2) is 0 Å². The van der Waals surface area contributed by atoms with Gasteiger partial charge in [-0.2, -0.15) is 5.10 Å². The molecule has 0 aliphatic heterocycles. The first-order chi connectivity index (χ1) is 13.0. The number of fused-ring (bicyclic) bond motifs is 1. The van der Waals surface area contributed by atoms with Crippen LogP contribution in [0.1, 0.15) is 27.7 Å². The normalized spacial score (nSPS) is 11.1. The number of amides is 1. The number of aryl methyl sites for hydroxylation is 2. The van der Waals surface area contributed by atoms with E-state index in [-0.39, 0.29) is 11.7 Å². The number of hydrogen-bond donors (Lipinski definition) is 1. The molecule has 0 unspecified atom stereocenters. The van der Waals surface area contributed by atoms with Crippen molar-refractivity contribution >= 4 is 11.7 Å². The van der Waals surface area contributed by atoms with Gasteiger partial charge < -0.3 is 4.90 Å². The number of H-pyrrole nitrogens is 1. The summed E-state index contributed by atoms with van der Waals surface area (Å²) in [5.41, 5.74) is 4.41. The lowest BCUT2D eigenvalue weighted by Crippen LogP contribution is -2.28. The Hall–Kier alpha value is -3.55. The number of benzene rings is 1. The van der Waals surface area contributed by atoms with Crippen molar-refractivity contribution < 1.29 is 4.79 Å². The molecule has 1 amide bonds. The zero-order valence-electron chi connectivity index (χ0n) is 15.3. The minimum absolute atomic E-state index is 0.230. The van der Waals surface area contributed by atoms with Crippen LogP contribution in [0.3, 0.4) is 0 Å². The molecule has 0 aliphatic rings. The topological polar surface area (TPSA) is 92.1 Å². The van der Waals surface area contributed by atoms with E-state index in [1.165, 1.54) is 0 Å². The summed E-state index contributed by atoms with van der Waals surface area (Å²) in [6, 6.07) is 13.7. The predicted octanol–water partition coefficient (Wildman–Crippen LogP) is 2.40. The lowest BCUT2D eigenvalue weighted by molar-refractivity contribution is 0.0769. The van der Waals surface area contributed by atoms with Crippen LogP contribution in [0.4, 0.5) is 0 Å². The number of aromatic nitrogens is 6. The lowest BCUT2D eigenvalue weighted by atomic mass is 10.1. The van der Waals surface area contributed by atoms with Crippen LogP contribution >= 0.6 is 0 Å². The molecule has 0 spiro atoms. The van der Waals surface area contributed by atoms with E-state index in [1.54, 1.807) is 16.3 Å². The Morgan fingerprint density at radius 2 is 1.93 bits per heavy atom. The largest absolute Gasteiger partial charge is 0.333 e. The van der Waals surface area contributed by atoms with Crippen molar-refractivity contribution in [3.63, 3.8) is 0 Å². The van der Waals surface area contributed by atoms with Crippen molar-refractivity contribution in [1.29, 1.82) is 0 Å². The van der Waals surface area contributed by atoms with E-state index in [0.29, 0.717) is 12.3 Å². The number of aromatic amines is 1. The van der Waals surface area contributed by atoms with Crippen LogP contribution in [0, 0.1) is 13.8 Å². The molecule has 8 heteroatoms. The second-order valence-corrected chi connectivity index (χ2v) is 6.50. The van der Waals surface area contributed by atoms with Crippen LogP contribution in [0.15, 0.2) is 42.5 Å². The molecule has 1 N–H and O–H groups in total. The SMILES string of the molecule is Cc1cc(C)n2c(C(=O)N(C)Cc3cc(-c4ccccc4)n[nH]3)nnc2n1. The summed E-state index contributed by atoms with van der Waals surface area (Å²) in [5, 5.41) is 15.4. The molecule has 0 aliphatic carbocycles. The smallest absolute Gasteiger partial charge is 0.292 e. The van der Waals surface area contributed by atoms with Crippen molar-refractivity contribution in [2.24, 2.45) is 0 Å². The molecular weight excluding hydrogens is 342 g/mol. The second kappa shape index (κ2) is 6.64. The number of hydrogen-bond acceptors (Lipinski definition) is 5. The zero-order chi connectivity index (χ0) is 19.0. The van der Waals surface area contributed by atoms with Crippen LogP contribution in [0.25, 0.3) is 17.0 Å². The van der Waals surface area contributed by atoms with Gasteiger partial charge in [-0.3, -0.25) is 14.3 Å². The number of carbonyl (C=O) groups is 1. The van der Waals surface area contributed by atoms with Crippen molar-refractivity contribution in [2.75, 3.05) is 7.05 Å². The third kappa shape index (κ3) is 3.17. The summed E-state index contributed by atoms with van der Waals surface area (Å²) in [7, 11) is 1.73. The van der Waals surface area contributed by atoms with Crippen LogP contribution in [-0.4, -0.2) is 47.6 Å². The van der Waals surface area contributed by atoms with Gasteiger partial charge in [0.2, 0.25) is 5.82 Å². The van der Waals surface area contributed by atoms with E-state index in [4.69, 9.17) is 0 Å². The molecule has 3 aromatic heterocycles. The van der Waals surface area contributed by atoms with Gasteiger partial charge in [-0.25, -0.2) is 4.98 Å². The maximum Gasteiger partial charge on any atom is 0.292 e. The summed E-state index contributed by atoms with van der Waals surface area (Å²) in [5.74, 6) is 0.449. The van der Waals surface area contributed by atoms with Gasteiger partial charge in [0.1, 0.15) is 0 Å². The maximum absolute atomic E-state index is 12.9. The third-order valence-electron chi connectivity index (χ3n) is 4.34. The molecule has 1 aromatic carbocycles. The molecule has 3 heterocycles. The lowest BCUT2D eigenvalue weighted by Gasteiger charge is -2.15. The molecule has 0 saturated heterocycles. The highest BCUT2D eigenvalue weighted by molar-refractivity contribution is 5.91. The van der Waals surface area contributed by atoms with E-state index in [9.17, 15) is 4.79 Å². The second-order valence-electron chi connectivity index (χ2n) is 6.50. The predicted molar refractivity (Wildman–Crippen MR) is 100 cm³/mol. The van der Waals surface area contributed by atoms with Crippen molar-refractivity contribution in [3.05, 3.63) is 65.4 Å². The molecule has 0 bridgehead atoms.